The summed E-state index contributed by atoms with van der Waals surface area (Å²) in [5, 5.41) is 29.2. The molecule has 0 radical (unpaired) electrons. The first-order valence-electron chi connectivity index (χ1n) is 17.9. The Morgan fingerprint density at radius 3 is 1.25 bits per heavy atom. The molecule has 0 saturated heterocycles. The molecule has 2 unspecified atom stereocenters. The van der Waals surface area contributed by atoms with Gasteiger partial charge < -0.3 is 20.8 Å². The molecule has 0 bridgehead atoms. The molecule has 0 aliphatic heterocycles. The Bertz CT molecular complexity index is 2540. The minimum Gasteiger partial charge on any atom is -0.377 e. The van der Waals surface area contributed by atoms with Crippen molar-refractivity contribution in [3.05, 3.63) is 120 Å². The lowest BCUT2D eigenvalue weighted by Crippen LogP contribution is -2.41. The number of aryl methyl sites for hydroxylation is 2. The highest BCUT2D eigenvalue weighted by Gasteiger charge is 2.24. The fourth-order valence-corrected chi connectivity index (χ4v) is 7.05. The molecule has 0 aliphatic carbocycles. The van der Waals surface area contributed by atoms with Crippen molar-refractivity contribution in [1.82, 2.24) is 40.8 Å². The van der Waals surface area contributed by atoms with Crippen molar-refractivity contribution in [2.75, 3.05) is 20.7 Å². The Balaban J connectivity index is 1.37. The maximum atomic E-state index is 12.8. The quantitative estimate of drug-likeness (QED) is 0.0281. The lowest BCUT2D eigenvalue weighted by Gasteiger charge is -2.26. The van der Waals surface area contributed by atoms with Gasteiger partial charge in [0, 0.05) is 11.4 Å². The lowest BCUT2D eigenvalue weighted by molar-refractivity contribution is 0.156. The molecule has 22 heteroatoms. The minimum atomic E-state index is -4.95. The van der Waals surface area contributed by atoms with Crippen LogP contribution in [0.2, 0.25) is 0 Å². The van der Waals surface area contributed by atoms with E-state index >= 15 is 0 Å². The number of aliphatic hydroxyl groups is 2. The number of hydrogen-bond donors (Lipinski definition) is 8. The normalized spacial score (nSPS) is 12.9. The van der Waals surface area contributed by atoms with Gasteiger partial charge in [-0.1, -0.05) is 60.7 Å². The van der Waals surface area contributed by atoms with Crippen molar-refractivity contribution >= 4 is 78.9 Å². The summed E-state index contributed by atoms with van der Waals surface area (Å²) in [6.45, 7) is 6.05. The zero-order chi connectivity index (χ0) is 43.2. The van der Waals surface area contributed by atoms with Crippen LogP contribution in [-0.2, 0) is 20.2 Å². The number of benzene rings is 4. The van der Waals surface area contributed by atoms with Gasteiger partial charge in [0.15, 0.2) is 0 Å². The molecule has 0 saturated carbocycles. The molecule has 312 valence electrons. The first-order valence-corrected chi connectivity index (χ1v) is 20.8. The van der Waals surface area contributed by atoms with Crippen LogP contribution in [0.1, 0.15) is 36.6 Å². The van der Waals surface area contributed by atoms with Gasteiger partial charge in [0.25, 0.3) is 20.2 Å². The van der Waals surface area contributed by atoms with Crippen LogP contribution in [-0.4, -0.2) is 78.5 Å². The molecule has 6 rings (SSSR count). The molecule has 6 aromatic rings. The van der Waals surface area contributed by atoms with Gasteiger partial charge in [-0.25, -0.2) is 10.0 Å². The minimum absolute atomic E-state index is 0.0422. The molecule has 0 spiro atoms. The molecular weight excluding hydrogens is 817 g/mol. The fourth-order valence-electron chi connectivity index (χ4n) is 5.64. The van der Waals surface area contributed by atoms with Crippen LogP contribution in [0, 0.1) is 13.8 Å². The van der Waals surface area contributed by atoms with Crippen LogP contribution in [0.3, 0.4) is 0 Å². The van der Waals surface area contributed by atoms with Crippen LogP contribution in [0.15, 0.2) is 107 Å². The highest BCUT2D eigenvalue weighted by molar-refractivity contribution is 7.86. The van der Waals surface area contributed by atoms with E-state index in [9.17, 15) is 36.2 Å². The van der Waals surface area contributed by atoms with Gasteiger partial charge in [-0.05, 0) is 87.4 Å². The maximum Gasteiger partial charge on any atom is 0.295 e. The number of aromatic nitrogens is 6. The van der Waals surface area contributed by atoms with E-state index in [4.69, 9.17) is 0 Å². The topological polar surface area (TPSA) is 281 Å². The molecule has 20 nitrogen and oxygen atoms in total. The van der Waals surface area contributed by atoms with Gasteiger partial charge in [-0.3, -0.25) is 9.11 Å². The summed E-state index contributed by atoms with van der Waals surface area (Å²) in [7, 11) is -9.90. The van der Waals surface area contributed by atoms with Gasteiger partial charge >= 0.3 is 0 Å². The predicted octanol–water partition coefficient (Wildman–Crippen LogP) is 4.79. The van der Waals surface area contributed by atoms with E-state index in [0.717, 1.165) is 12.1 Å². The van der Waals surface area contributed by atoms with E-state index in [1.54, 1.807) is 38.1 Å². The number of anilines is 8. The number of hydrazine groups is 2. The first kappa shape index (κ1) is 43.1. The third kappa shape index (κ3) is 11.2. The Morgan fingerprint density at radius 2 is 0.917 bits per heavy atom. The molecule has 2 aromatic heterocycles. The number of hydrogen-bond acceptors (Lipinski definition) is 18. The van der Waals surface area contributed by atoms with Crippen LogP contribution < -0.4 is 31.5 Å². The molecule has 2 atom stereocenters. The largest absolute Gasteiger partial charge is 0.377 e. The lowest BCUT2D eigenvalue weighted by atomic mass is 10.1. The van der Waals surface area contributed by atoms with Crippen molar-refractivity contribution in [1.29, 1.82) is 0 Å². The number of para-hydroxylation sites is 2. The van der Waals surface area contributed by atoms with Gasteiger partial charge in [-0.2, -0.15) is 57.6 Å². The Kier molecular flexibility index (Phi) is 13.1. The van der Waals surface area contributed by atoms with Crippen molar-refractivity contribution in [2.45, 2.75) is 49.9 Å². The van der Waals surface area contributed by atoms with Crippen molar-refractivity contribution < 1.29 is 36.2 Å². The number of rotatable bonds is 16. The highest BCUT2D eigenvalue weighted by atomic mass is 32.2. The molecule has 60 heavy (non-hydrogen) atoms. The molecule has 0 fully saturated rings. The van der Waals surface area contributed by atoms with E-state index in [0.29, 0.717) is 11.4 Å². The summed E-state index contributed by atoms with van der Waals surface area (Å²) < 4.78 is 72.0. The van der Waals surface area contributed by atoms with E-state index < -0.39 is 42.5 Å². The summed E-state index contributed by atoms with van der Waals surface area (Å²) in [5.41, 5.74) is 6.82. The monoisotopic (exact) mass is 856 g/mol. The van der Waals surface area contributed by atoms with Gasteiger partial charge in [0.05, 0.1) is 11.4 Å². The van der Waals surface area contributed by atoms with E-state index in [-0.39, 0.29) is 57.9 Å². The third-order valence-electron chi connectivity index (χ3n) is 8.07. The second kappa shape index (κ2) is 18.2. The second-order valence-electron chi connectivity index (χ2n) is 13.0. The molecule has 0 amide bonds. The fraction of sp³-hybridized carbons (Fsp3) is 0.158. The summed E-state index contributed by atoms with van der Waals surface area (Å²) in [6, 6.07) is 25.8. The van der Waals surface area contributed by atoms with Crippen molar-refractivity contribution in [3.8, 4) is 0 Å². The van der Waals surface area contributed by atoms with Gasteiger partial charge in [0.1, 0.15) is 33.9 Å². The molecule has 0 aliphatic rings. The second-order valence-corrected chi connectivity index (χ2v) is 15.8. The van der Waals surface area contributed by atoms with E-state index in [2.05, 4.69) is 51.4 Å². The standard InChI is InChI=1S/C38H40N12O8S2/c1-23-39-35(43-29-11-7-5-8-12-29)45-37(41-23)49(47-25(3)51)31-19-17-27(33(21-31)59(53,54)55)15-16-28-18-20-32(22-34(28)60(56,57)58)50(48-26(4)52)38-42-24(2)40-36(46-38)44-30-13-9-6-10-14-30/h5-22,25-26,47-48,51-52H,1-4H3,(H,53,54,55)(H,56,57,58)(H,39,41,43,45)(H,40,42,44,46). The zero-order valence-electron chi connectivity index (χ0n) is 32.4. The smallest absolute Gasteiger partial charge is 0.295 e. The van der Waals surface area contributed by atoms with Crippen LogP contribution >= 0.6 is 0 Å². The van der Waals surface area contributed by atoms with Crippen molar-refractivity contribution in [3.63, 3.8) is 0 Å². The number of aliphatic hydroxyl groups excluding tert-OH is 2. The number of nitrogens with one attached hydrogen (secondary N) is 4. The summed E-state index contributed by atoms with van der Waals surface area (Å²) >= 11 is 0. The highest BCUT2D eigenvalue weighted by Crippen LogP contribution is 2.31. The molecule has 2 heterocycles. The van der Waals surface area contributed by atoms with Crippen LogP contribution in [0.25, 0.3) is 12.2 Å². The average molecular weight is 857 g/mol. The summed E-state index contributed by atoms with van der Waals surface area (Å²) in [5.74, 6) is 0.774. The van der Waals surface area contributed by atoms with E-state index in [1.807, 2.05) is 36.4 Å². The predicted molar refractivity (Wildman–Crippen MR) is 224 cm³/mol. The average Bonchev–Trinajstić information content (AvgIpc) is 3.17. The molecule has 8 N–H and O–H groups in total. The summed E-state index contributed by atoms with van der Waals surface area (Å²) in [4.78, 5) is 25.0. The molecule has 4 aromatic carbocycles. The zero-order valence-corrected chi connectivity index (χ0v) is 34.0. The Labute approximate surface area is 345 Å². The number of nitrogens with zero attached hydrogens (tertiary/aromatic N) is 8. The molecular formula is C38H40N12O8S2. The first-order chi connectivity index (χ1) is 28.4. The van der Waals surface area contributed by atoms with E-state index in [1.165, 1.54) is 60.3 Å². The Hall–Kier alpha value is -6.50. The van der Waals surface area contributed by atoms with Gasteiger partial charge in [-0.15, -0.1) is 0 Å². The SMILES string of the molecule is Cc1nc(Nc2ccccc2)nc(N(NC(C)O)c2ccc(C=Cc3ccc(N(NC(C)O)c4nc(C)nc(Nc5ccccc5)n4)cc3S(=O)(=O)O)c(S(=O)(=O)O)c2)n1. The summed E-state index contributed by atoms with van der Waals surface area (Å²) in [6.07, 6.45) is 0.0514. The Morgan fingerprint density at radius 1 is 0.550 bits per heavy atom. The third-order valence-corrected chi connectivity index (χ3v) is 9.89. The van der Waals surface area contributed by atoms with Crippen LogP contribution in [0.4, 0.5) is 46.5 Å². The van der Waals surface area contributed by atoms with Crippen LogP contribution in [0.5, 0.6) is 0 Å². The van der Waals surface area contributed by atoms with Crippen molar-refractivity contribution in [2.24, 2.45) is 0 Å². The maximum absolute atomic E-state index is 12.8. The van der Waals surface area contributed by atoms with Gasteiger partial charge in [0.2, 0.25) is 23.8 Å².